The van der Waals surface area contributed by atoms with Crippen LogP contribution in [0.3, 0.4) is 0 Å². The topological polar surface area (TPSA) is 133 Å². The predicted molar refractivity (Wildman–Crippen MR) is 159 cm³/mol. The van der Waals surface area contributed by atoms with E-state index in [1.807, 2.05) is 30.3 Å². The standard InChI is InChI=1S/C30H32ClN3O7S/c1-21(2)41-27(35)20-34(25-13-6-11-23(31)17-25)42(39,40)26-14-7-12-24(18-26)32-28(36)30(15-8-16-33(30)29(37)38)19-22-9-4-3-5-10-22/h3-7,9-14,17-18,21H,8,15-16,19-20H2,1-2H3,(H,32,36)(H,37,38)/t30-/m0/s1. The zero-order valence-corrected chi connectivity index (χ0v) is 24.8. The van der Waals surface area contributed by atoms with Gasteiger partial charge < -0.3 is 15.2 Å². The maximum Gasteiger partial charge on any atom is 0.408 e. The number of hydrogen-bond donors (Lipinski definition) is 2. The number of nitrogens with zero attached hydrogens (tertiary/aromatic N) is 2. The Morgan fingerprint density at radius 1 is 1.05 bits per heavy atom. The van der Waals surface area contributed by atoms with Gasteiger partial charge in [0.2, 0.25) is 0 Å². The van der Waals surface area contributed by atoms with E-state index in [4.69, 9.17) is 16.3 Å². The summed E-state index contributed by atoms with van der Waals surface area (Å²) in [7, 11) is -4.35. The Balaban J connectivity index is 1.67. The van der Waals surface area contributed by atoms with E-state index in [0.717, 1.165) is 14.8 Å². The van der Waals surface area contributed by atoms with Gasteiger partial charge in [0, 0.05) is 23.7 Å². The van der Waals surface area contributed by atoms with Gasteiger partial charge in [-0.05, 0) is 68.7 Å². The smallest absolute Gasteiger partial charge is 0.408 e. The number of halogens is 1. The lowest BCUT2D eigenvalue weighted by Crippen LogP contribution is -2.56. The largest absolute Gasteiger partial charge is 0.465 e. The Morgan fingerprint density at radius 2 is 1.76 bits per heavy atom. The van der Waals surface area contributed by atoms with E-state index in [1.165, 1.54) is 36.4 Å². The molecule has 12 heteroatoms. The monoisotopic (exact) mass is 613 g/mol. The van der Waals surface area contributed by atoms with Crippen LogP contribution >= 0.6 is 11.6 Å². The number of carbonyl (C=O) groups excluding carboxylic acids is 2. The summed E-state index contributed by atoms with van der Waals surface area (Å²) in [5.41, 5.74) is -0.276. The molecule has 0 saturated carbocycles. The van der Waals surface area contributed by atoms with Crippen molar-refractivity contribution in [1.82, 2.24) is 4.90 Å². The molecule has 0 spiro atoms. The number of rotatable bonds is 10. The van der Waals surface area contributed by atoms with Crippen molar-refractivity contribution in [3.8, 4) is 0 Å². The zero-order chi connectivity index (χ0) is 30.5. The van der Waals surface area contributed by atoms with Crippen molar-refractivity contribution < 1.29 is 32.6 Å². The third-order valence-electron chi connectivity index (χ3n) is 6.90. The Labute approximate surface area is 249 Å². The number of carbonyl (C=O) groups is 3. The lowest BCUT2D eigenvalue weighted by Gasteiger charge is -2.35. The van der Waals surface area contributed by atoms with Gasteiger partial charge >= 0.3 is 12.1 Å². The predicted octanol–water partition coefficient (Wildman–Crippen LogP) is 5.18. The molecule has 0 aromatic heterocycles. The molecule has 0 unspecified atom stereocenters. The molecule has 0 aliphatic carbocycles. The maximum atomic E-state index is 13.9. The lowest BCUT2D eigenvalue weighted by molar-refractivity contribution is -0.145. The molecule has 1 atom stereocenters. The Bertz CT molecular complexity index is 1570. The summed E-state index contributed by atoms with van der Waals surface area (Å²) in [5.74, 6) is -1.32. The number of benzene rings is 3. The summed E-state index contributed by atoms with van der Waals surface area (Å²) in [4.78, 5) is 39.5. The van der Waals surface area contributed by atoms with Crippen LogP contribution in [-0.4, -0.2) is 61.1 Å². The molecule has 1 fully saturated rings. The van der Waals surface area contributed by atoms with Crippen molar-refractivity contribution in [2.24, 2.45) is 0 Å². The molecule has 0 radical (unpaired) electrons. The molecule has 10 nitrogen and oxygen atoms in total. The van der Waals surface area contributed by atoms with Gasteiger partial charge in [0.15, 0.2) is 0 Å². The molecular weight excluding hydrogens is 582 g/mol. The quantitative estimate of drug-likeness (QED) is 0.301. The van der Waals surface area contributed by atoms with Crippen molar-refractivity contribution in [1.29, 1.82) is 0 Å². The van der Waals surface area contributed by atoms with Crippen molar-refractivity contribution in [2.75, 3.05) is 22.7 Å². The Hall–Kier alpha value is -4.09. The second-order valence-corrected chi connectivity index (χ2v) is 12.5. The number of sulfonamides is 1. The first-order valence-electron chi connectivity index (χ1n) is 13.4. The van der Waals surface area contributed by atoms with Crippen LogP contribution in [0.15, 0.2) is 83.8 Å². The fraction of sp³-hybridized carbons (Fsp3) is 0.300. The molecule has 2 amide bonds. The van der Waals surface area contributed by atoms with Gasteiger partial charge in [0.25, 0.3) is 15.9 Å². The molecule has 4 rings (SSSR count). The minimum absolute atomic E-state index is 0.154. The highest BCUT2D eigenvalue weighted by Crippen LogP contribution is 2.35. The van der Waals surface area contributed by atoms with E-state index in [-0.39, 0.29) is 34.3 Å². The zero-order valence-electron chi connectivity index (χ0n) is 23.2. The van der Waals surface area contributed by atoms with E-state index in [1.54, 1.807) is 26.0 Å². The van der Waals surface area contributed by atoms with Crippen LogP contribution in [0.5, 0.6) is 0 Å². The van der Waals surface area contributed by atoms with Crippen molar-refractivity contribution >= 4 is 51.0 Å². The van der Waals surface area contributed by atoms with Gasteiger partial charge in [0.05, 0.1) is 16.7 Å². The number of hydrogen-bond acceptors (Lipinski definition) is 6. The number of likely N-dealkylation sites (tertiary alicyclic amines) is 1. The second-order valence-electron chi connectivity index (χ2n) is 10.2. The van der Waals surface area contributed by atoms with E-state index in [9.17, 15) is 27.9 Å². The minimum atomic E-state index is -4.35. The van der Waals surface area contributed by atoms with Gasteiger partial charge in [-0.1, -0.05) is 54.1 Å². The number of nitrogens with one attached hydrogen (secondary N) is 1. The fourth-order valence-electron chi connectivity index (χ4n) is 5.06. The van der Waals surface area contributed by atoms with E-state index >= 15 is 0 Å². The molecule has 2 N–H and O–H groups in total. The summed E-state index contributed by atoms with van der Waals surface area (Å²) < 4.78 is 33.9. The normalized spacial score (nSPS) is 16.7. The molecule has 1 aliphatic rings. The summed E-state index contributed by atoms with van der Waals surface area (Å²) in [6.45, 7) is 2.90. The fourth-order valence-corrected chi connectivity index (χ4v) is 6.70. The number of carboxylic acid groups (broad SMARTS) is 1. The van der Waals surface area contributed by atoms with Crippen LogP contribution in [0.1, 0.15) is 32.3 Å². The van der Waals surface area contributed by atoms with Crippen LogP contribution in [0.25, 0.3) is 0 Å². The number of anilines is 2. The molecule has 3 aromatic carbocycles. The molecule has 1 saturated heterocycles. The molecule has 0 bridgehead atoms. The molecule has 1 heterocycles. The average Bonchev–Trinajstić information content (AvgIpc) is 3.37. The van der Waals surface area contributed by atoms with Crippen LogP contribution in [0.2, 0.25) is 5.02 Å². The third kappa shape index (κ3) is 6.85. The summed E-state index contributed by atoms with van der Waals surface area (Å²) >= 11 is 6.12. The van der Waals surface area contributed by atoms with E-state index < -0.39 is 46.2 Å². The van der Waals surface area contributed by atoms with Gasteiger partial charge in [0.1, 0.15) is 12.1 Å². The van der Waals surface area contributed by atoms with Gasteiger partial charge in [-0.3, -0.25) is 18.8 Å². The summed E-state index contributed by atoms with van der Waals surface area (Å²) in [6, 6.07) is 20.8. The molecular formula is C30H32ClN3O7S. The van der Waals surface area contributed by atoms with Crippen LogP contribution in [-0.2, 0) is 30.8 Å². The van der Waals surface area contributed by atoms with Crippen LogP contribution in [0.4, 0.5) is 16.2 Å². The highest BCUT2D eigenvalue weighted by atomic mass is 35.5. The number of amides is 2. The van der Waals surface area contributed by atoms with E-state index in [2.05, 4.69) is 5.32 Å². The summed E-state index contributed by atoms with van der Waals surface area (Å²) in [6.07, 6.45) is -0.699. The Kier molecular flexibility index (Phi) is 9.43. The highest BCUT2D eigenvalue weighted by Gasteiger charge is 2.50. The van der Waals surface area contributed by atoms with Crippen molar-refractivity contribution in [3.63, 3.8) is 0 Å². The van der Waals surface area contributed by atoms with Gasteiger partial charge in [-0.25, -0.2) is 13.2 Å². The van der Waals surface area contributed by atoms with E-state index in [0.29, 0.717) is 12.8 Å². The molecule has 3 aromatic rings. The molecule has 1 aliphatic heterocycles. The van der Waals surface area contributed by atoms with Gasteiger partial charge in [-0.15, -0.1) is 0 Å². The minimum Gasteiger partial charge on any atom is -0.465 e. The first kappa shape index (κ1) is 30.9. The first-order valence-corrected chi connectivity index (χ1v) is 15.2. The maximum absolute atomic E-state index is 13.9. The second kappa shape index (κ2) is 12.8. The lowest BCUT2D eigenvalue weighted by atomic mass is 9.87. The number of ether oxygens (including phenoxy) is 1. The third-order valence-corrected chi connectivity index (χ3v) is 8.90. The van der Waals surface area contributed by atoms with Crippen molar-refractivity contribution in [3.05, 3.63) is 89.4 Å². The molecule has 42 heavy (non-hydrogen) atoms. The number of esters is 1. The molecule has 222 valence electrons. The Morgan fingerprint density at radius 3 is 2.43 bits per heavy atom. The van der Waals surface area contributed by atoms with Crippen LogP contribution < -0.4 is 9.62 Å². The van der Waals surface area contributed by atoms with Crippen LogP contribution in [0, 0.1) is 0 Å². The van der Waals surface area contributed by atoms with Crippen molar-refractivity contribution in [2.45, 2.75) is 49.6 Å². The van der Waals surface area contributed by atoms with Gasteiger partial charge in [-0.2, -0.15) is 0 Å². The SMILES string of the molecule is CC(C)OC(=O)CN(c1cccc(Cl)c1)S(=O)(=O)c1cccc(NC(=O)[C@@]2(Cc3ccccc3)CCCN2C(=O)O)c1. The average molecular weight is 614 g/mol. The highest BCUT2D eigenvalue weighted by molar-refractivity contribution is 7.92. The first-order chi connectivity index (χ1) is 19.9. The summed E-state index contributed by atoms with van der Waals surface area (Å²) in [5, 5.41) is 13.0.